The van der Waals surface area contributed by atoms with Crippen LogP contribution < -0.4 is 0 Å². The van der Waals surface area contributed by atoms with Crippen molar-refractivity contribution in [2.24, 2.45) is 0 Å². The summed E-state index contributed by atoms with van der Waals surface area (Å²) in [6, 6.07) is 10.2. The molecule has 0 N–H and O–H groups in total. The van der Waals surface area contributed by atoms with Gasteiger partial charge in [-0.3, -0.25) is 4.79 Å². The predicted molar refractivity (Wildman–Crippen MR) is 66.0 cm³/mol. The molecule has 80 valence electrons. The van der Waals surface area contributed by atoms with E-state index in [1.807, 2.05) is 18.2 Å². The van der Waals surface area contributed by atoms with Gasteiger partial charge in [0, 0.05) is 4.90 Å². The molecule has 0 amide bonds. The van der Waals surface area contributed by atoms with Crippen LogP contribution in [0, 0.1) is 0 Å². The van der Waals surface area contributed by atoms with E-state index in [9.17, 15) is 4.79 Å². The van der Waals surface area contributed by atoms with Crippen molar-refractivity contribution >= 4 is 18.0 Å². The average Bonchev–Trinajstić information content (AvgIpc) is 2.28. The van der Waals surface area contributed by atoms with Gasteiger partial charge in [-0.2, -0.15) is 0 Å². The minimum absolute atomic E-state index is 0.876. The van der Waals surface area contributed by atoms with Crippen molar-refractivity contribution in [1.29, 1.82) is 0 Å². The maximum absolute atomic E-state index is 10.5. The molecule has 0 saturated heterocycles. The number of unbranched alkanes of at least 4 members (excludes halogenated alkanes) is 1. The molecule has 0 saturated carbocycles. The molecule has 1 aromatic carbocycles. The second-order valence-corrected chi connectivity index (χ2v) is 4.49. The van der Waals surface area contributed by atoms with Gasteiger partial charge in [0.25, 0.3) is 0 Å². The Labute approximate surface area is 95.6 Å². The summed E-state index contributed by atoms with van der Waals surface area (Å²) >= 11 is 1.68. The number of hydrogen-bond donors (Lipinski definition) is 0. The van der Waals surface area contributed by atoms with Crippen LogP contribution in [0.1, 0.15) is 26.2 Å². The van der Waals surface area contributed by atoms with Crippen LogP contribution in [-0.4, -0.2) is 6.29 Å². The quantitative estimate of drug-likeness (QED) is 0.408. The summed E-state index contributed by atoms with van der Waals surface area (Å²) in [4.78, 5) is 12.8. The first-order valence-corrected chi connectivity index (χ1v) is 6.05. The number of allylic oxidation sites excluding steroid dienone is 2. The molecule has 0 aliphatic rings. The van der Waals surface area contributed by atoms with E-state index in [0.29, 0.717) is 0 Å². The highest BCUT2D eigenvalue weighted by Gasteiger charge is 1.99. The van der Waals surface area contributed by atoms with Gasteiger partial charge in [-0.05, 0) is 36.0 Å². The zero-order valence-electron chi connectivity index (χ0n) is 8.98. The lowest BCUT2D eigenvalue weighted by molar-refractivity contribution is -0.104. The maximum atomic E-state index is 10.5. The standard InChI is InChI=1S/C13H16OS/c1-2-3-7-13(10-11-14)15-12-8-5-4-6-9-12/h4-6,8-11H,2-3,7H2,1H3/b13-10-. The molecule has 15 heavy (non-hydrogen) atoms. The lowest BCUT2D eigenvalue weighted by Gasteiger charge is -2.04. The zero-order valence-corrected chi connectivity index (χ0v) is 9.80. The summed E-state index contributed by atoms with van der Waals surface area (Å²) in [5, 5.41) is 0. The van der Waals surface area contributed by atoms with Crippen LogP contribution >= 0.6 is 11.8 Å². The Bertz CT molecular complexity index is 317. The van der Waals surface area contributed by atoms with Gasteiger partial charge in [0.05, 0.1) is 0 Å². The molecule has 0 atom stereocenters. The molecule has 0 heterocycles. The number of hydrogen-bond acceptors (Lipinski definition) is 2. The third-order valence-corrected chi connectivity index (χ3v) is 3.13. The molecule has 1 aromatic rings. The van der Waals surface area contributed by atoms with Crippen LogP contribution in [0.3, 0.4) is 0 Å². The molecule has 0 aliphatic carbocycles. The Morgan fingerprint density at radius 2 is 2.07 bits per heavy atom. The van der Waals surface area contributed by atoms with E-state index in [1.54, 1.807) is 17.8 Å². The van der Waals surface area contributed by atoms with Gasteiger partial charge >= 0.3 is 0 Å². The molecule has 1 rings (SSSR count). The number of rotatable bonds is 6. The topological polar surface area (TPSA) is 17.1 Å². The normalized spacial score (nSPS) is 11.4. The smallest absolute Gasteiger partial charge is 0.143 e. The Morgan fingerprint density at radius 1 is 1.33 bits per heavy atom. The average molecular weight is 220 g/mol. The van der Waals surface area contributed by atoms with Crippen molar-refractivity contribution in [1.82, 2.24) is 0 Å². The van der Waals surface area contributed by atoms with Crippen LogP contribution in [-0.2, 0) is 4.79 Å². The number of aldehydes is 1. The van der Waals surface area contributed by atoms with E-state index in [2.05, 4.69) is 19.1 Å². The van der Waals surface area contributed by atoms with Crippen LogP contribution in [0.15, 0.2) is 46.2 Å². The Morgan fingerprint density at radius 3 is 2.67 bits per heavy atom. The zero-order chi connectivity index (χ0) is 10.9. The highest BCUT2D eigenvalue weighted by atomic mass is 32.2. The van der Waals surface area contributed by atoms with Gasteiger partial charge in [0.2, 0.25) is 0 Å². The van der Waals surface area contributed by atoms with Crippen LogP contribution in [0.5, 0.6) is 0 Å². The highest BCUT2D eigenvalue weighted by Crippen LogP contribution is 2.29. The summed E-state index contributed by atoms with van der Waals surface area (Å²) in [6.45, 7) is 2.16. The molecule has 2 heteroatoms. The Balaban J connectivity index is 2.59. The van der Waals surface area contributed by atoms with E-state index in [4.69, 9.17) is 0 Å². The van der Waals surface area contributed by atoms with Crippen molar-refractivity contribution < 1.29 is 4.79 Å². The van der Waals surface area contributed by atoms with Gasteiger partial charge in [-0.25, -0.2) is 0 Å². The monoisotopic (exact) mass is 220 g/mol. The van der Waals surface area contributed by atoms with Crippen molar-refractivity contribution in [3.05, 3.63) is 41.3 Å². The van der Waals surface area contributed by atoms with E-state index in [-0.39, 0.29) is 0 Å². The fourth-order valence-corrected chi connectivity index (χ4v) is 2.20. The van der Waals surface area contributed by atoms with Crippen molar-refractivity contribution in [2.75, 3.05) is 0 Å². The van der Waals surface area contributed by atoms with Gasteiger partial charge in [0.15, 0.2) is 0 Å². The maximum Gasteiger partial charge on any atom is 0.143 e. The summed E-state index contributed by atoms with van der Waals surface area (Å²) in [5.74, 6) is 0. The van der Waals surface area contributed by atoms with Crippen LogP contribution in [0.25, 0.3) is 0 Å². The number of thioether (sulfide) groups is 1. The molecule has 0 aliphatic heterocycles. The van der Waals surface area contributed by atoms with E-state index >= 15 is 0 Å². The molecule has 0 radical (unpaired) electrons. The van der Waals surface area contributed by atoms with Crippen molar-refractivity contribution in [3.8, 4) is 0 Å². The fraction of sp³-hybridized carbons (Fsp3) is 0.308. The lowest BCUT2D eigenvalue weighted by atomic mass is 10.2. The van der Waals surface area contributed by atoms with Gasteiger partial charge in [-0.15, -0.1) is 0 Å². The van der Waals surface area contributed by atoms with E-state index in [1.165, 1.54) is 4.90 Å². The Kier molecular flexibility index (Phi) is 5.86. The van der Waals surface area contributed by atoms with Crippen LogP contribution in [0.2, 0.25) is 0 Å². The molecule has 0 spiro atoms. The van der Waals surface area contributed by atoms with Crippen molar-refractivity contribution in [3.63, 3.8) is 0 Å². The van der Waals surface area contributed by atoms with Crippen LogP contribution in [0.4, 0.5) is 0 Å². The first-order valence-electron chi connectivity index (χ1n) is 5.24. The minimum Gasteiger partial charge on any atom is -0.299 e. The molecule has 0 fully saturated rings. The molecular formula is C13H16OS. The number of carbonyl (C=O) groups is 1. The predicted octanol–water partition coefficient (Wildman–Crippen LogP) is 4.05. The minimum atomic E-state index is 0.876. The summed E-state index contributed by atoms with van der Waals surface area (Å²) in [7, 11) is 0. The summed E-state index contributed by atoms with van der Waals surface area (Å²) in [5.41, 5.74) is 0. The third kappa shape index (κ3) is 4.84. The summed E-state index contributed by atoms with van der Waals surface area (Å²) < 4.78 is 0. The number of benzene rings is 1. The SMILES string of the molecule is CCCC/C(=C/C=O)Sc1ccccc1. The Hall–Kier alpha value is -1.02. The second kappa shape index (κ2) is 7.30. The first-order chi connectivity index (χ1) is 7.36. The van der Waals surface area contributed by atoms with E-state index < -0.39 is 0 Å². The largest absolute Gasteiger partial charge is 0.299 e. The lowest BCUT2D eigenvalue weighted by Crippen LogP contribution is -1.80. The van der Waals surface area contributed by atoms with E-state index in [0.717, 1.165) is 30.5 Å². The first kappa shape index (κ1) is 12.1. The second-order valence-electron chi connectivity index (χ2n) is 3.29. The number of carbonyl (C=O) groups excluding carboxylic acids is 1. The molecule has 0 bridgehead atoms. The summed E-state index contributed by atoms with van der Waals surface area (Å²) in [6.07, 6.45) is 5.84. The fourth-order valence-electron chi connectivity index (χ4n) is 1.24. The van der Waals surface area contributed by atoms with Crippen molar-refractivity contribution in [2.45, 2.75) is 31.1 Å². The van der Waals surface area contributed by atoms with Gasteiger partial charge in [-0.1, -0.05) is 43.3 Å². The van der Waals surface area contributed by atoms with Gasteiger partial charge < -0.3 is 0 Å². The van der Waals surface area contributed by atoms with Gasteiger partial charge in [0.1, 0.15) is 6.29 Å². The molecular weight excluding hydrogens is 204 g/mol. The molecule has 0 aromatic heterocycles. The third-order valence-electron chi connectivity index (χ3n) is 2.02. The molecule has 0 unspecified atom stereocenters. The highest BCUT2D eigenvalue weighted by molar-refractivity contribution is 8.03. The molecule has 1 nitrogen and oxygen atoms in total.